The first-order chi connectivity index (χ1) is 9.64. The number of nitrogens with zero attached hydrogens (tertiary/aromatic N) is 1. The van der Waals surface area contributed by atoms with Crippen LogP contribution in [0.4, 0.5) is 10.1 Å². The number of likely N-dealkylation sites (N-methyl/N-ethyl adjacent to an activating group) is 1. The average molecular weight is 278 g/mol. The quantitative estimate of drug-likeness (QED) is 0.897. The van der Waals surface area contributed by atoms with Crippen LogP contribution in [-0.2, 0) is 4.79 Å². The Labute approximate surface area is 120 Å². The fourth-order valence-corrected chi connectivity index (χ4v) is 3.09. The number of carbonyl (C=O) groups excluding carboxylic acids is 1. The van der Waals surface area contributed by atoms with E-state index < -0.39 is 5.54 Å². The molecule has 1 atom stereocenters. The maximum absolute atomic E-state index is 14.0. The molecule has 1 aromatic rings. The molecule has 1 fully saturated rings. The van der Waals surface area contributed by atoms with Crippen LogP contribution in [0, 0.1) is 5.82 Å². The minimum atomic E-state index is -0.507. The van der Waals surface area contributed by atoms with E-state index in [1.165, 1.54) is 6.07 Å². The lowest BCUT2D eigenvalue weighted by atomic mass is 9.90. The number of benzene rings is 1. The van der Waals surface area contributed by atoms with E-state index in [1.54, 1.807) is 23.1 Å². The van der Waals surface area contributed by atoms with Gasteiger partial charge in [0, 0.05) is 6.54 Å². The Morgan fingerprint density at radius 3 is 2.70 bits per heavy atom. The monoisotopic (exact) mass is 278 g/mol. The van der Waals surface area contributed by atoms with Crippen LogP contribution in [0.15, 0.2) is 24.3 Å². The van der Waals surface area contributed by atoms with Crippen LogP contribution in [-0.4, -0.2) is 24.5 Å². The summed E-state index contributed by atoms with van der Waals surface area (Å²) < 4.78 is 14.0. The van der Waals surface area contributed by atoms with Gasteiger partial charge >= 0.3 is 0 Å². The van der Waals surface area contributed by atoms with E-state index in [9.17, 15) is 9.18 Å². The first-order valence-corrected chi connectivity index (χ1v) is 7.46. The predicted octanol–water partition coefficient (Wildman–Crippen LogP) is 3.10. The van der Waals surface area contributed by atoms with Gasteiger partial charge in [0.25, 0.3) is 0 Å². The van der Waals surface area contributed by atoms with E-state index in [2.05, 4.69) is 12.2 Å². The summed E-state index contributed by atoms with van der Waals surface area (Å²) in [5, 5.41) is 3.36. The minimum Gasteiger partial charge on any atom is -0.308 e. The summed E-state index contributed by atoms with van der Waals surface area (Å²) in [7, 11) is 0. The molecule has 1 aliphatic heterocycles. The smallest absolute Gasteiger partial charge is 0.247 e. The molecule has 4 heteroatoms. The van der Waals surface area contributed by atoms with Gasteiger partial charge in [0.2, 0.25) is 5.91 Å². The van der Waals surface area contributed by atoms with Crippen LogP contribution >= 0.6 is 0 Å². The molecular formula is C16H23FN2O. The summed E-state index contributed by atoms with van der Waals surface area (Å²) in [5.41, 5.74) is -0.128. The highest BCUT2D eigenvalue weighted by Gasteiger charge is 2.42. The number of halogens is 1. The average Bonchev–Trinajstić information content (AvgIpc) is 2.92. The number of nitrogens with one attached hydrogen (secondary N) is 1. The van der Waals surface area contributed by atoms with Gasteiger partial charge in [-0.1, -0.05) is 25.5 Å². The molecule has 1 aromatic carbocycles. The fourth-order valence-electron chi connectivity index (χ4n) is 3.09. The summed E-state index contributed by atoms with van der Waals surface area (Å²) in [6.07, 6.45) is 3.58. The third-order valence-electron chi connectivity index (χ3n) is 4.03. The van der Waals surface area contributed by atoms with E-state index in [4.69, 9.17) is 0 Å². The molecule has 0 spiro atoms. The van der Waals surface area contributed by atoms with Crippen molar-refractivity contribution in [1.29, 1.82) is 0 Å². The van der Waals surface area contributed by atoms with E-state index in [0.29, 0.717) is 12.2 Å². The third kappa shape index (κ3) is 2.70. The lowest BCUT2D eigenvalue weighted by molar-refractivity contribution is -0.124. The number of rotatable bonds is 5. The second-order valence-corrected chi connectivity index (χ2v) is 5.36. The summed E-state index contributed by atoms with van der Waals surface area (Å²) >= 11 is 0. The standard InChI is InChI=1S/C16H23FN2O/c1-3-10-16(11-7-12-18-16)15(20)19(4-2)14-9-6-5-8-13(14)17/h5-6,8-9,18H,3-4,7,10-12H2,1-2H3. The SMILES string of the molecule is CCCC1(C(=O)N(CC)c2ccccc2F)CCCN1. The van der Waals surface area contributed by atoms with Crippen LogP contribution in [0.25, 0.3) is 0 Å². The predicted molar refractivity (Wildman–Crippen MR) is 79.3 cm³/mol. The molecule has 1 amide bonds. The Bertz CT molecular complexity index is 469. The molecule has 1 aliphatic rings. The molecule has 0 bridgehead atoms. The Balaban J connectivity index is 2.31. The van der Waals surface area contributed by atoms with Gasteiger partial charge < -0.3 is 10.2 Å². The van der Waals surface area contributed by atoms with Gasteiger partial charge in [-0.3, -0.25) is 4.79 Å². The lowest BCUT2D eigenvalue weighted by Crippen LogP contribution is -2.55. The molecule has 1 unspecified atom stereocenters. The van der Waals surface area contributed by atoms with Crippen molar-refractivity contribution in [2.75, 3.05) is 18.0 Å². The van der Waals surface area contributed by atoms with E-state index in [1.807, 2.05) is 6.92 Å². The largest absolute Gasteiger partial charge is 0.308 e. The number of hydrogen-bond acceptors (Lipinski definition) is 2. The maximum Gasteiger partial charge on any atom is 0.247 e. The molecule has 0 radical (unpaired) electrons. The highest BCUT2D eigenvalue weighted by Crippen LogP contribution is 2.30. The fraction of sp³-hybridized carbons (Fsp3) is 0.562. The Morgan fingerprint density at radius 2 is 2.15 bits per heavy atom. The van der Waals surface area contributed by atoms with Crippen molar-refractivity contribution < 1.29 is 9.18 Å². The van der Waals surface area contributed by atoms with E-state index in [0.717, 1.165) is 32.2 Å². The van der Waals surface area contributed by atoms with Crippen molar-refractivity contribution in [3.8, 4) is 0 Å². The number of amides is 1. The number of anilines is 1. The van der Waals surface area contributed by atoms with Gasteiger partial charge in [-0.25, -0.2) is 4.39 Å². The van der Waals surface area contributed by atoms with E-state index >= 15 is 0 Å². The molecule has 2 rings (SSSR count). The molecule has 1 heterocycles. The van der Waals surface area contributed by atoms with Gasteiger partial charge in [-0.2, -0.15) is 0 Å². The number of carbonyl (C=O) groups is 1. The molecule has 0 saturated carbocycles. The molecular weight excluding hydrogens is 255 g/mol. The Hall–Kier alpha value is -1.42. The molecule has 1 N–H and O–H groups in total. The first-order valence-electron chi connectivity index (χ1n) is 7.46. The second kappa shape index (κ2) is 6.35. The van der Waals surface area contributed by atoms with Crippen molar-refractivity contribution in [2.45, 2.75) is 45.1 Å². The lowest BCUT2D eigenvalue weighted by Gasteiger charge is -2.34. The second-order valence-electron chi connectivity index (χ2n) is 5.36. The topological polar surface area (TPSA) is 32.3 Å². The zero-order valence-electron chi connectivity index (χ0n) is 12.3. The number of para-hydroxylation sites is 1. The van der Waals surface area contributed by atoms with Crippen molar-refractivity contribution >= 4 is 11.6 Å². The van der Waals surface area contributed by atoms with Crippen molar-refractivity contribution in [3.63, 3.8) is 0 Å². The van der Waals surface area contributed by atoms with Crippen LogP contribution < -0.4 is 10.2 Å². The van der Waals surface area contributed by atoms with Gasteiger partial charge in [-0.05, 0) is 44.9 Å². The highest BCUT2D eigenvalue weighted by molar-refractivity contribution is 6.00. The maximum atomic E-state index is 14.0. The molecule has 1 saturated heterocycles. The zero-order valence-corrected chi connectivity index (χ0v) is 12.3. The van der Waals surface area contributed by atoms with Crippen LogP contribution in [0.2, 0.25) is 0 Å². The summed E-state index contributed by atoms with van der Waals surface area (Å²) in [6.45, 7) is 5.31. The zero-order chi connectivity index (χ0) is 14.6. The molecule has 0 aliphatic carbocycles. The molecule has 110 valence electrons. The summed E-state index contributed by atoms with van der Waals surface area (Å²) in [4.78, 5) is 14.5. The van der Waals surface area contributed by atoms with Crippen molar-refractivity contribution in [3.05, 3.63) is 30.1 Å². The highest BCUT2D eigenvalue weighted by atomic mass is 19.1. The van der Waals surface area contributed by atoms with Gasteiger partial charge in [-0.15, -0.1) is 0 Å². The summed E-state index contributed by atoms with van der Waals surface area (Å²) in [5.74, 6) is -0.336. The van der Waals surface area contributed by atoms with Gasteiger partial charge in [0.15, 0.2) is 0 Å². The number of hydrogen-bond donors (Lipinski definition) is 1. The van der Waals surface area contributed by atoms with Crippen molar-refractivity contribution in [1.82, 2.24) is 5.32 Å². The Kier molecular flexibility index (Phi) is 4.76. The van der Waals surface area contributed by atoms with Gasteiger partial charge in [0.1, 0.15) is 5.82 Å². The molecule has 0 aromatic heterocycles. The normalized spacial score (nSPS) is 21.9. The van der Waals surface area contributed by atoms with E-state index in [-0.39, 0.29) is 11.7 Å². The third-order valence-corrected chi connectivity index (χ3v) is 4.03. The van der Waals surface area contributed by atoms with Crippen LogP contribution in [0.1, 0.15) is 39.5 Å². The van der Waals surface area contributed by atoms with Crippen LogP contribution in [0.5, 0.6) is 0 Å². The van der Waals surface area contributed by atoms with Crippen LogP contribution in [0.3, 0.4) is 0 Å². The molecule has 3 nitrogen and oxygen atoms in total. The minimum absolute atomic E-state index is 0.00412. The van der Waals surface area contributed by atoms with Gasteiger partial charge in [0.05, 0.1) is 11.2 Å². The summed E-state index contributed by atoms with van der Waals surface area (Å²) in [6, 6.07) is 6.49. The van der Waals surface area contributed by atoms with Crippen molar-refractivity contribution in [2.24, 2.45) is 0 Å². The Morgan fingerprint density at radius 1 is 1.40 bits per heavy atom. The first kappa shape index (κ1) is 15.0. The molecule has 20 heavy (non-hydrogen) atoms.